The van der Waals surface area contributed by atoms with Gasteiger partial charge in [-0.3, -0.25) is 0 Å². The fraction of sp³-hybridized carbons (Fsp3) is 0.333. The second kappa shape index (κ2) is 4.56. The molecule has 0 aliphatic heterocycles. The van der Waals surface area contributed by atoms with Gasteiger partial charge in [0.25, 0.3) is 0 Å². The predicted octanol–water partition coefficient (Wildman–Crippen LogP) is 2.76. The molecule has 16 heavy (non-hydrogen) atoms. The van der Waals surface area contributed by atoms with Crippen LogP contribution in [-0.2, 0) is 7.05 Å². The molecule has 86 valence electrons. The normalized spacial score (nSPS) is 13.1. The van der Waals surface area contributed by atoms with E-state index < -0.39 is 0 Å². The molecule has 1 unspecified atom stereocenters. The van der Waals surface area contributed by atoms with Gasteiger partial charge in [-0.15, -0.1) is 16.4 Å². The molecule has 0 saturated carbocycles. The average molecular weight is 366 g/mol. The van der Waals surface area contributed by atoms with Gasteiger partial charge in [-0.1, -0.05) is 5.21 Å². The van der Waals surface area contributed by atoms with Gasteiger partial charge in [-0.25, -0.2) is 4.68 Å². The summed E-state index contributed by atoms with van der Waals surface area (Å²) >= 11 is 8.50. The molecule has 2 heterocycles. The SMILES string of the molecule is Cc1cc(C(N)c2c(Br)nnn2C)sc1Br. The van der Waals surface area contributed by atoms with Crippen molar-refractivity contribution in [1.29, 1.82) is 0 Å². The Hall–Kier alpha value is -0.240. The molecule has 2 N–H and O–H groups in total. The van der Waals surface area contributed by atoms with E-state index in [1.54, 1.807) is 16.0 Å². The number of hydrogen-bond donors (Lipinski definition) is 1. The zero-order valence-electron chi connectivity index (χ0n) is 8.74. The van der Waals surface area contributed by atoms with E-state index in [0.717, 1.165) is 14.4 Å². The number of halogens is 2. The van der Waals surface area contributed by atoms with Gasteiger partial charge in [0.2, 0.25) is 0 Å². The Kier molecular flexibility index (Phi) is 3.48. The van der Waals surface area contributed by atoms with Crippen molar-refractivity contribution in [3.05, 3.63) is 30.6 Å². The summed E-state index contributed by atoms with van der Waals surface area (Å²) in [6, 6.07) is 1.88. The third-order valence-corrected chi connectivity index (χ3v) is 5.09. The maximum Gasteiger partial charge on any atom is 0.153 e. The second-order valence-corrected chi connectivity index (χ2v) is 6.63. The lowest BCUT2D eigenvalue weighted by Gasteiger charge is -2.09. The van der Waals surface area contributed by atoms with Gasteiger partial charge in [0.15, 0.2) is 4.60 Å². The summed E-state index contributed by atoms with van der Waals surface area (Å²) in [7, 11) is 1.84. The van der Waals surface area contributed by atoms with Crippen LogP contribution in [0.5, 0.6) is 0 Å². The van der Waals surface area contributed by atoms with Crippen LogP contribution in [-0.4, -0.2) is 15.0 Å². The Labute approximate surface area is 114 Å². The van der Waals surface area contributed by atoms with Crippen LogP contribution >= 0.6 is 43.2 Å². The third-order valence-electron chi connectivity index (χ3n) is 2.30. The lowest BCUT2D eigenvalue weighted by Crippen LogP contribution is -2.15. The van der Waals surface area contributed by atoms with Crippen LogP contribution in [0.3, 0.4) is 0 Å². The fourth-order valence-electron chi connectivity index (χ4n) is 1.44. The summed E-state index contributed by atoms with van der Waals surface area (Å²) < 4.78 is 3.51. The lowest BCUT2D eigenvalue weighted by molar-refractivity contribution is 0.654. The Bertz CT molecular complexity index is 481. The molecule has 0 amide bonds. The average Bonchev–Trinajstić information content (AvgIpc) is 2.72. The zero-order chi connectivity index (χ0) is 11.9. The van der Waals surface area contributed by atoms with E-state index in [4.69, 9.17) is 5.73 Å². The maximum absolute atomic E-state index is 6.20. The molecular weight excluding hydrogens is 356 g/mol. The molecule has 4 nitrogen and oxygen atoms in total. The quantitative estimate of drug-likeness (QED) is 0.890. The van der Waals surface area contributed by atoms with Crippen LogP contribution in [0.2, 0.25) is 0 Å². The summed E-state index contributed by atoms with van der Waals surface area (Å²) in [5.74, 6) is 0. The van der Waals surface area contributed by atoms with Crippen molar-refractivity contribution in [3.63, 3.8) is 0 Å². The highest BCUT2D eigenvalue weighted by molar-refractivity contribution is 9.11. The molecule has 0 fully saturated rings. The largest absolute Gasteiger partial charge is 0.318 e. The van der Waals surface area contributed by atoms with Crippen LogP contribution in [0.4, 0.5) is 0 Å². The van der Waals surface area contributed by atoms with Gasteiger partial charge < -0.3 is 5.73 Å². The molecule has 0 aromatic carbocycles. The van der Waals surface area contributed by atoms with Crippen molar-refractivity contribution in [2.75, 3.05) is 0 Å². The minimum Gasteiger partial charge on any atom is -0.318 e. The third kappa shape index (κ3) is 2.09. The van der Waals surface area contributed by atoms with E-state index in [0.29, 0.717) is 4.60 Å². The van der Waals surface area contributed by atoms with Gasteiger partial charge in [-0.2, -0.15) is 0 Å². The molecule has 0 saturated heterocycles. The molecule has 2 aromatic rings. The minimum absolute atomic E-state index is 0.204. The zero-order valence-corrected chi connectivity index (χ0v) is 12.7. The summed E-state index contributed by atoms with van der Waals surface area (Å²) in [6.45, 7) is 2.05. The van der Waals surface area contributed by atoms with Crippen LogP contribution < -0.4 is 5.73 Å². The number of thiophene rings is 1. The smallest absolute Gasteiger partial charge is 0.153 e. The van der Waals surface area contributed by atoms with Crippen molar-refractivity contribution < 1.29 is 0 Å². The monoisotopic (exact) mass is 364 g/mol. The first-order valence-corrected chi connectivity index (χ1v) is 6.97. The van der Waals surface area contributed by atoms with Gasteiger partial charge in [-0.05, 0) is 50.4 Å². The number of aryl methyl sites for hydroxylation is 2. The summed E-state index contributed by atoms with van der Waals surface area (Å²) in [5, 5.41) is 7.86. The molecule has 2 rings (SSSR count). The van der Waals surface area contributed by atoms with E-state index in [1.165, 1.54) is 5.56 Å². The van der Waals surface area contributed by atoms with E-state index in [1.807, 2.05) is 14.0 Å². The van der Waals surface area contributed by atoms with Crippen molar-refractivity contribution >= 4 is 43.2 Å². The highest BCUT2D eigenvalue weighted by atomic mass is 79.9. The van der Waals surface area contributed by atoms with Crippen molar-refractivity contribution in [2.45, 2.75) is 13.0 Å². The van der Waals surface area contributed by atoms with Crippen molar-refractivity contribution in [3.8, 4) is 0 Å². The lowest BCUT2D eigenvalue weighted by atomic mass is 10.2. The second-order valence-electron chi connectivity index (χ2n) is 3.47. The molecular formula is C9H10Br2N4S. The van der Waals surface area contributed by atoms with Crippen molar-refractivity contribution in [2.24, 2.45) is 12.8 Å². The Morgan fingerprint density at radius 2 is 2.19 bits per heavy atom. The molecule has 0 spiro atoms. The Morgan fingerprint density at radius 3 is 2.62 bits per heavy atom. The van der Waals surface area contributed by atoms with Gasteiger partial charge in [0.05, 0.1) is 15.5 Å². The Morgan fingerprint density at radius 1 is 1.50 bits per heavy atom. The maximum atomic E-state index is 6.20. The number of nitrogens with two attached hydrogens (primary N) is 1. The molecule has 0 radical (unpaired) electrons. The van der Waals surface area contributed by atoms with Gasteiger partial charge in [0, 0.05) is 11.9 Å². The Balaban J connectivity index is 2.42. The summed E-state index contributed by atoms with van der Waals surface area (Å²) in [5.41, 5.74) is 8.28. The first kappa shape index (κ1) is 12.2. The van der Waals surface area contributed by atoms with E-state index in [2.05, 4.69) is 48.2 Å². The summed E-state index contributed by atoms with van der Waals surface area (Å²) in [4.78, 5) is 1.09. The minimum atomic E-state index is -0.204. The van der Waals surface area contributed by atoms with Crippen LogP contribution in [0, 0.1) is 6.92 Å². The molecule has 0 bridgehead atoms. The predicted molar refractivity (Wildman–Crippen MR) is 71.5 cm³/mol. The van der Waals surface area contributed by atoms with E-state index in [-0.39, 0.29) is 6.04 Å². The molecule has 0 aliphatic carbocycles. The van der Waals surface area contributed by atoms with Gasteiger partial charge in [0.1, 0.15) is 0 Å². The first-order chi connectivity index (χ1) is 7.50. The van der Waals surface area contributed by atoms with Crippen LogP contribution in [0.1, 0.15) is 22.2 Å². The van der Waals surface area contributed by atoms with E-state index in [9.17, 15) is 0 Å². The van der Waals surface area contributed by atoms with Gasteiger partial charge >= 0.3 is 0 Å². The van der Waals surface area contributed by atoms with Crippen molar-refractivity contribution in [1.82, 2.24) is 15.0 Å². The fourth-order valence-corrected chi connectivity index (χ4v) is 3.59. The molecule has 0 aliphatic rings. The number of aromatic nitrogens is 3. The summed E-state index contributed by atoms with van der Waals surface area (Å²) in [6.07, 6.45) is 0. The van der Waals surface area contributed by atoms with E-state index >= 15 is 0 Å². The molecule has 7 heteroatoms. The topological polar surface area (TPSA) is 56.7 Å². The number of rotatable bonds is 2. The standard InChI is InChI=1S/C9H10Br2N4S/c1-4-3-5(16-9(4)11)6(12)7-8(10)13-14-15(7)2/h3,6H,12H2,1-2H3. The first-order valence-electron chi connectivity index (χ1n) is 4.57. The van der Waals surface area contributed by atoms with Crippen LogP contribution in [0.15, 0.2) is 14.5 Å². The number of hydrogen-bond acceptors (Lipinski definition) is 4. The number of nitrogens with zero attached hydrogens (tertiary/aromatic N) is 3. The highest BCUT2D eigenvalue weighted by Gasteiger charge is 2.20. The molecule has 2 aromatic heterocycles. The highest BCUT2D eigenvalue weighted by Crippen LogP contribution is 2.34. The van der Waals surface area contributed by atoms with Crippen LogP contribution in [0.25, 0.3) is 0 Å². The molecule has 1 atom stereocenters.